The number of carbonyl (C=O) groups excluding carboxylic acids is 1. The van der Waals surface area contributed by atoms with Gasteiger partial charge in [0.1, 0.15) is 6.04 Å². The van der Waals surface area contributed by atoms with Crippen molar-refractivity contribution in [3.63, 3.8) is 0 Å². The van der Waals surface area contributed by atoms with E-state index in [-0.39, 0.29) is 11.9 Å². The molecule has 0 heterocycles. The lowest BCUT2D eigenvalue weighted by molar-refractivity contribution is -0.122. The van der Waals surface area contributed by atoms with E-state index in [0.29, 0.717) is 18.3 Å². The Kier molecular flexibility index (Phi) is 6.04. The summed E-state index contributed by atoms with van der Waals surface area (Å²) in [5.74, 6) is 0.948. The summed E-state index contributed by atoms with van der Waals surface area (Å²) in [6.45, 7) is 4.21. The summed E-state index contributed by atoms with van der Waals surface area (Å²) in [6, 6.07) is 1.99. The standard InChI is InChI=1S/C14H24N2O/c1-11(2)8-9-14(17)16-13(10-15)12-6-4-3-5-7-12/h11-13H,3-9H2,1-2H3,(H,16,17). The van der Waals surface area contributed by atoms with Crippen LogP contribution in [0.5, 0.6) is 0 Å². The van der Waals surface area contributed by atoms with Gasteiger partial charge in [-0.25, -0.2) is 0 Å². The molecule has 1 atom stereocenters. The van der Waals surface area contributed by atoms with Gasteiger partial charge in [-0.1, -0.05) is 33.1 Å². The van der Waals surface area contributed by atoms with Crippen molar-refractivity contribution in [3.8, 4) is 6.07 Å². The molecular weight excluding hydrogens is 212 g/mol. The van der Waals surface area contributed by atoms with Crippen molar-refractivity contribution in [1.82, 2.24) is 5.32 Å². The van der Waals surface area contributed by atoms with Crippen LogP contribution in [0.25, 0.3) is 0 Å². The second-order valence-corrected chi connectivity index (χ2v) is 5.50. The van der Waals surface area contributed by atoms with Crippen molar-refractivity contribution in [2.45, 2.75) is 64.8 Å². The van der Waals surface area contributed by atoms with Crippen molar-refractivity contribution in [3.05, 3.63) is 0 Å². The van der Waals surface area contributed by atoms with Gasteiger partial charge >= 0.3 is 0 Å². The first-order valence-electron chi connectivity index (χ1n) is 6.82. The number of amides is 1. The molecular formula is C14H24N2O. The molecule has 1 saturated carbocycles. The summed E-state index contributed by atoms with van der Waals surface area (Å²) < 4.78 is 0. The molecule has 1 amide bonds. The number of nitrogens with one attached hydrogen (secondary N) is 1. The van der Waals surface area contributed by atoms with Gasteiger partial charge in [-0.05, 0) is 31.1 Å². The third-order valence-electron chi connectivity index (χ3n) is 3.53. The molecule has 0 aromatic heterocycles. The number of carbonyl (C=O) groups is 1. The third-order valence-corrected chi connectivity index (χ3v) is 3.53. The van der Waals surface area contributed by atoms with Gasteiger partial charge in [0.2, 0.25) is 5.91 Å². The van der Waals surface area contributed by atoms with Gasteiger partial charge < -0.3 is 5.32 Å². The Bertz CT molecular complexity index is 274. The van der Waals surface area contributed by atoms with E-state index in [0.717, 1.165) is 19.3 Å². The van der Waals surface area contributed by atoms with E-state index < -0.39 is 0 Å². The molecule has 3 heteroatoms. The molecule has 1 rings (SSSR count). The first-order valence-corrected chi connectivity index (χ1v) is 6.82. The topological polar surface area (TPSA) is 52.9 Å². The Morgan fingerprint density at radius 2 is 2.00 bits per heavy atom. The van der Waals surface area contributed by atoms with Crippen molar-refractivity contribution in [1.29, 1.82) is 5.26 Å². The number of nitriles is 1. The monoisotopic (exact) mass is 236 g/mol. The fraction of sp³-hybridized carbons (Fsp3) is 0.857. The second kappa shape index (κ2) is 7.32. The molecule has 96 valence electrons. The maximum atomic E-state index is 11.7. The van der Waals surface area contributed by atoms with E-state index in [2.05, 4.69) is 25.2 Å². The molecule has 1 aliphatic rings. The van der Waals surface area contributed by atoms with Crippen molar-refractivity contribution >= 4 is 5.91 Å². The third kappa shape index (κ3) is 5.21. The molecule has 0 radical (unpaired) electrons. The van der Waals surface area contributed by atoms with Crippen LogP contribution in [0.3, 0.4) is 0 Å². The molecule has 0 aromatic carbocycles. The van der Waals surface area contributed by atoms with Gasteiger partial charge in [-0.2, -0.15) is 5.26 Å². The Morgan fingerprint density at radius 3 is 2.53 bits per heavy atom. The van der Waals surface area contributed by atoms with Gasteiger partial charge in [0.15, 0.2) is 0 Å². The highest BCUT2D eigenvalue weighted by Gasteiger charge is 2.24. The van der Waals surface area contributed by atoms with Crippen LogP contribution in [0.4, 0.5) is 0 Å². The van der Waals surface area contributed by atoms with Crippen LogP contribution in [0.15, 0.2) is 0 Å². The second-order valence-electron chi connectivity index (χ2n) is 5.50. The summed E-state index contributed by atoms with van der Waals surface area (Å²) in [6.07, 6.45) is 7.29. The zero-order chi connectivity index (χ0) is 12.7. The number of nitrogens with zero attached hydrogens (tertiary/aromatic N) is 1. The molecule has 17 heavy (non-hydrogen) atoms. The average molecular weight is 236 g/mol. The Hall–Kier alpha value is -1.04. The maximum Gasteiger partial charge on any atom is 0.221 e. The van der Waals surface area contributed by atoms with Crippen LogP contribution in [0.1, 0.15) is 58.8 Å². The first-order chi connectivity index (χ1) is 8.13. The number of hydrogen-bond donors (Lipinski definition) is 1. The van der Waals surface area contributed by atoms with Gasteiger partial charge in [-0.15, -0.1) is 0 Å². The van der Waals surface area contributed by atoms with E-state index in [9.17, 15) is 4.79 Å². The highest BCUT2D eigenvalue weighted by Crippen LogP contribution is 2.26. The highest BCUT2D eigenvalue weighted by molar-refractivity contribution is 5.76. The number of rotatable bonds is 5. The minimum Gasteiger partial charge on any atom is -0.340 e. The molecule has 0 bridgehead atoms. The Morgan fingerprint density at radius 1 is 1.35 bits per heavy atom. The first kappa shape index (κ1) is 14.0. The summed E-state index contributed by atoms with van der Waals surface area (Å²) in [4.78, 5) is 11.7. The predicted octanol–water partition coefficient (Wildman–Crippen LogP) is 3.01. The lowest BCUT2D eigenvalue weighted by Gasteiger charge is -2.26. The SMILES string of the molecule is CC(C)CCC(=O)NC(C#N)C1CCCCC1. The van der Waals surface area contributed by atoms with E-state index in [1.165, 1.54) is 19.3 Å². The van der Waals surface area contributed by atoms with Crippen LogP contribution < -0.4 is 5.32 Å². The molecule has 0 saturated heterocycles. The fourth-order valence-corrected chi connectivity index (χ4v) is 2.39. The molecule has 0 aromatic rings. The van der Waals surface area contributed by atoms with Crippen LogP contribution >= 0.6 is 0 Å². The minimum absolute atomic E-state index is 0.0378. The van der Waals surface area contributed by atoms with Crippen molar-refractivity contribution in [2.75, 3.05) is 0 Å². The molecule has 1 unspecified atom stereocenters. The van der Waals surface area contributed by atoms with Gasteiger partial charge in [0, 0.05) is 6.42 Å². The Balaban J connectivity index is 2.35. The van der Waals surface area contributed by atoms with Crippen LogP contribution in [-0.4, -0.2) is 11.9 Å². The summed E-state index contributed by atoms with van der Waals surface area (Å²) in [5, 5.41) is 12.0. The summed E-state index contributed by atoms with van der Waals surface area (Å²) in [7, 11) is 0. The minimum atomic E-state index is -0.269. The van der Waals surface area contributed by atoms with Crippen LogP contribution in [-0.2, 0) is 4.79 Å². The van der Waals surface area contributed by atoms with Crippen LogP contribution in [0, 0.1) is 23.2 Å². The predicted molar refractivity (Wildman–Crippen MR) is 68.2 cm³/mol. The molecule has 1 N–H and O–H groups in total. The zero-order valence-corrected chi connectivity index (χ0v) is 11.0. The quantitative estimate of drug-likeness (QED) is 0.797. The molecule has 1 fully saturated rings. The van der Waals surface area contributed by atoms with Gasteiger partial charge in [0.05, 0.1) is 6.07 Å². The van der Waals surface area contributed by atoms with E-state index in [1.54, 1.807) is 0 Å². The molecule has 0 spiro atoms. The van der Waals surface area contributed by atoms with Crippen LogP contribution in [0.2, 0.25) is 0 Å². The smallest absolute Gasteiger partial charge is 0.221 e. The largest absolute Gasteiger partial charge is 0.340 e. The van der Waals surface area contributed by atoms with Gasteiger partial charge in [0.25, 0.3) is 0 Å². The normalized spacial score (nSPS) is 18.7. The highest BCUT2D eigenvalue weighted by atomic mass is 16.1. The molecule has 1 aliphatic carbocycles. The van der Waals surface area contributed by atoms with E-state index in [4.69, 9.17) is 5.26 Å². The summed E-state index contributed by atoms with van der Waals surface area (Å²) in [5.41, 5.74) is 0. The maximum absolute atomic E-state index is 11.7. The van der Waals surface area contributed by atoms with Gasteiger partial charge in [-0.3, -0.25) is 4.79 Å². The fourth-order valence-electron chi connectivity index (χ4n) is 2.39. The van der Waals surface area contributed by atoms with E-state index >= 15 is 0 Å². The number of hydrogen-bond acceptors (Lipinski definition) is 2. The Labute approximate surface area is 105 Å². The molecule has 3 nitrogen and oxygen atoms in total. The lowest BCUT2D eigenvalue weighted by atomic mass is 9.84. The zero-order valence-electron chi connectivity index (χ0n) is 11.0. The van der Waals surface area contributed by atoms with Crippen molar-refractivity contribution < 1.29 is 4.79 Å². The van der Waals surface area contributed by atoms with Crippen molar-refractivity contribution in [2.24, 2.45) is 11.8 Å². The lowest BCUT2D eigenvalue weighted by Crippen LogP contribution is -2.40. The average Bonchev–Trinajstić information content (AvgIpc) is 2.34. The molecule has 0 aliphatic heterocycles. The van der Waals surface area contributed by atoms with E-state index in [1.807, 2.05) is 0 Å². The summed E-state index contributed by atoms with van der Waals surface area (Å²) >= 11 is 0.